The van der Waals surface area contributed by atoms with E-state index in [9.17, 15) is 0 Å². The van der Waals surface area contributed by atoms with Crippen LogP contribution in [0.1, 0.15) is 26.7 Å². The molecule has 0 aliphatic carbocycles. The molecular formula is C10H24N2O. The van der Waals surface area contributed by atoms with Crippen LogP contribution < -0.4 is 5.73 Å². The highest BCUT2D eigenvalue weighted by Gasteiger charge is 2.18. The van der Waals surface area contributed by atoms with Crippen molar-refractivity contribution in [3.05, 3.63) is 0 Å². The van der Waals surface area contributed by atoms with E-state index in [2.05, 4.69) is 25.8 Å². The summed E-state index contributed by atoms with van der Waals surface area (Å²) in [5.41, 5.74) is 6.06. The van der Waals surface area contributed by atoms with Crippen molar-refractivity contribution in [3.63, 3.8) is 0 Å². The van der Waals surface area contributed by atoms with Gasteiger partial charge in [-0.3, -0.25) is 0 Å². The number of hydrogen-bond donors (Lipinski definition) is 1. The summed E-state index contributed by atoms with van der Waals surface area (Å²) in [6.45, 7) is 6.94. The predicted octanol–water partition coefficient (Wildman–Crippen LogP) is 1.08. The van der Waals surface area contributed by atoms with Crippen LogP contribution in [0.4, 0.5) is 0 Å². The van der Waals surface area contributed by atoms with E-state index >= 15 is 0 Å². The largest absolute Gasteiger partial charge is 0.383 e. The lowest BCUT2D eigenvalue weighted by atomic mass is 9.97. The van der Waals surface area contributed by atoms with Crippen LogP contribution in [0.3, 0.4) is 0 Å². The molecule has 1 unspecified atom stereocenters. The molecule has 0 radical (unpaired) electrons. The van der Waals surface area contributed by atoms with Gasteiger partial charge < -0.3 is 15.4 Å². The zero-order chi connectivity index (χ0) is 10.3. The number of rotatable bonds is 7. The summed E-state index contributed by atoms with van der Waals surface area (Å²) in [7, 11) is 3.81. The Morgan fingerprint density at radius 3 is 2.54 bits per heavy atom. The molecule has 2 N–H and O–H groups in total. The van der Waals surface area contributed by atoms with Crippen LogP contribution in [-0.2, 0) is 4.74 Å². The summed E-state index contributed by atoms with van der Waals surface area (Å²) in [5, 5.41) is 0. The minimum absolute atomic E-state index is 0.0583. The highest BCUT2D eigenvalue weighted by atomic mass is 16.5. The molecule has 0 rings (SSSR count). The Hall–Kier alpha value is -0.120. The average molecular weight is 188 g/mol. The second-order valence-electron chi connectivity index (χ2n) is 4.13. The molecule has 1 atom stereocenters. The molecule has 80 valence electrons. The molecule has 0 spiro atoms. The van der Waals surface area contributed by atoms with Crippen LogP contribution >= 0.6 is 0 Å². The number of nitrogens with two attached hydrogens (primary N) is 1. The van der Waals surface area contributed by atoms with Crippen LogP contribution in [0.25, 0.3) is 0 Å². The Morgan fingerprint density at radius 1 is 1.46 bits per heavy atom. The van der Waals surface area contributed by atoms with Gasteiger partial charge in [-0.2, -0.15) is 0 Å². The van der Waals surface area contributed by atoms with Crippen molar-refractivity contribution in [2.75, 3.05) is 33.9 Å². The molecule has 0 fully saturated rings. The summed E-state index contributed by atoms with van der Waals surface area (Å²) < 4.78 is 5.00. The topological polar surface area (TPSA) is 38.5 Å². The van der Waals surface area contributed by atoms with E-state index in [4.69, 9.17) is 10.5 Å². The van der Waals surface area contributed by atoms with Crippen molar-refractivity contribution in [1.29, 1.82) is 0 Å². The van der Waals surface area contributed by atoms with Crippen molar-refractivity contribution < 1.29 is 4.74 Å². The maximum absolute atomic E-state index is 6.12. The van der Waals surface area contributed by atoms with Crippen LogP contribution in [0, 0.1) is 0 Å². The lowest BCUT2D eigenvalue weighted by molar-refractivity contribution is 0.147. The summed E-state index contributed by atoms with van der Waals surface area (Å²) in [4.78, 5) is 2.22. The Morgan fingerprint density at radius 2 is 2.08 bits per heavy atom. The lowest BCUT2D eigenvalue weighted by Gasteiger charge is -2.29. The van der Waals surface area contributed by atoms with Gasteiger partial charge in [-0.15, -0.1) is 0 Å². The van der Waals surface area contributed by atoms with Gasteiger partial charge in [0.1, 0.15) is 0 Å². The Bertz CT molecular complexity index is 126. The molecule has 0 aliphatic heterocycles. The average Bonchev–Trinajstić information content (AvgIpc) is 1.99. The molecule has 0 saturated carbocycles. The van der Waals surface area contributed by atoms with E-state index in [-0.39, 0.29) is 5.54 Å². The molecule has 0 aliphatic rings. The zero-order valence-electron chi connectivity index (χ0n) is 9.47. The number of methoxy groups -OCH3 is 1. The SMILES string of the molecule is CCCC(C)(N)CN(C)CCOC. The monoisotopic (exact) mass is 188 g/mol. The van der Waals surface area contributed by atoms with Gasteiger partial charge in [-0.05, 0) is 20.4 Å². The minimum Gasteiger partial charge on any atom is -0.383 e. The smallest absolute Gasteiger partial charge is 0.0589 e. The summed E-state index contributed by atoms with van der Waals surface area (Å²) in [6, 6.07) is 0. The normalized spacial score (nSPS) is 16.2. The lowest BCUT2D eigenvalue weighted by Crippen LogP contribution is -2.47. The van der Waals surface area contributed by atoms with Gasteiger partial charge >= 0.3 is 0 Å². The highest BCUT2D eigenvalue weighted by Crippen LogP contribution is 2.09. The van der Waals surface area contributed by atoms with Crippen molar-refractivity contribution in [2.24, 2.45) is 5.73 Å². The van der Waals surface area contributed by atoms with Crippen LogP contribution in [0.2, 0.25) is 0 Å². The summed E-state index contributed by atoms with van der Waals surface area (Å²) in [6.07, 6.45) is 2.22. The maximum Gasteiger partial charge on any atom is 0.0589 e. The molecule has 0 amide bonds. The van der Waals surface area contributed by atoms with Gasteiger partial charge in [-0.1, -0.05) is 13.3 Å². The molecule has 0 saturated heterocycles. The zero-order valence-corrected chi connectivity index (χ0v) is 9.47. The number of ether oxygens (including phenoxy) is 1. The van der Waals surface area contributed by atoms with Crippen LogP contribution in [0.5, 0.6) is 0 Å². The summed E-state index contributed by atoms with van der Waals surface area (Å²) in [5.74, 6) is 0. The number of likely N-dealkylation sites (N-methyl/N-ethyl adjacent to an activating group) is 1. The van der Waals surface area contributed by atoms with Gasteiger partial charge in [0.05, 0.1) is 6.61 Å². The van der Waals surface area contributed by atoms with E-state index in [0.29, 0.717) is 0 Å². The van der Waals surface area contributed by atoms with Gasteiger partial charge in [-0.25, -0.2) is 0 Å². The van der Waals surface area contributed by atoms with Crippen molar-refractivity contribution in [2.45, 2.75) is 32.2 Å². The van der Waals surface area contributed by atoms with Crippen LogP contribution in [-0.4, -0.2) is 44.3 Å². The minimum atomic E-state index is -0.0583. The number of hydrogen-bond acceptors (Lipinski definition) is 3. The molecule has 13 heavy (non-hydrogen) atoms. The Balaban J connectivity index is 3.68. The van der Waals surface area contributed by atoms with Crippen LogP contribution in [0.15, 0.2) is 0 Å². The molecule has 0 aromatic carbocycles. The first-order valence-electron chi connectivity index (χ1n) is 4.98. The fourth-order valence-corrected chi connectivity index (χ4v) is 1.59. The highest BCUT2D eigenvalue weighted by molar-refractivity contribution is 4.81. The fourth-order valence-electron chi connectivity index (χ4n) is 1.59. The van der Waals surface area contributed by atoms with Gasteiger partial charge in [0.25, 0.3) is 0 Å². The standard InChI is InChI=1S/C10H24N2O/c1-5-6-10(2,11)9-12(3)7-8-13-4/h5-9,11H2,1-4H3. The van der Waals surface area contributed by atoms with E-state index < -0.39 is 0 Å². The molecular weight excluding hydrogens is 164 g/mol. The molecule has 3 heteroatoms. The Kier molecular flexibility index (Phi) is 6.29. The maximum atomic E-state index is 6.12. The quantitative estimate of drug-likeness (QED) is 0.650. The second-order valence-corrected chi connectivity index (χ2v) is 4.13. The number of nitrogens with zero attached hydrogens (tertiary/aromatic N) is 1. The van der Waals surface area contributed by atoms with E-state index in [0.717, 1.165) is 32.5 Å². The molecule has 0 bridgehead atoms. The van der Waals surface area contributed by atoms with Gasteiger partial charge in [0, 0.05) is 25.7 Å². The van der Waals surface area contributed by atoms with Crippen molar-refractivity contribution >= 4 is 0 Å². The van der Waals surface area contributed by atoms with Crippen molar-refractivity contribution in [3.8, 4) is 0 Å². The first-order chi connectivity index (χ1) is 6.02. The molecule has 0 heterocycles. The van der Waals surface area contributed by atoms with E-state index in [1.54, 1.807) is 7.11 Å². The Labute approximate surface area is 82.2 Å². The summed E-state index contributed by atoms with van der Waals surface area (Å²) >= 11 is 0. The molecule has 0 aromatic heterocycles. The second kappa shape index (κ2) is 6.35. The molecule has 3 nitrogen and oxygen atoms in total. The van der Waals surface area contributed by atoms with E-state index in [1.165, 1.54) is 0 Å². The first kappa shape index (κ1) is 12.9. The van der Waals surface area contributed by atoms with Gasteiger partial charge in [0.15, 0.2) is 0 Å². The third kappa shape index (κ3) is 6.99. The fraction of sp³-hybridized carbons (Fsp3) is 1.00. The van der Waals surface area contributed by atoms with Crippen molar-refractivity contribution in [1.82, 2.24) is 4.90 Å². The third-order valence-electron chi connectivity index (χ3n) is 2.13. The van der Waals surface area contributed by atoms with E-state index in [1.807, 2.05) is 0 Å². The first-order valence-corrected chi connectivity index (χ1v) is 4.98. The third-order valence-corrected chi connectivity index (χ3v) is 2.13. The predicted molar refractivity (Wildman–Crippen MR) is 56.9 cm³/mol. The van der Waals surface area contributed by atoms with Gasteiger partial charge in [0.2, 0.25) is 0 Å². The molecule has 0 aromatic rings.